The second-order valence-corrected chi connectivity index (χ2v) is 5.26. The van der Waals surface area contributed by atoms with Crippen LogP contribution < -0.4 is 15.0 Å². The first-order valence-corrected chi connectivity index (χ1v) is 7.21. The molecular weight excluding hydrogens is 298 g/mol. The van der Waals surface area contributed by atoms with Gasteiger partial charge in [-0.1, -0.05) is 0 Å². The minimum absolute atomic E-state index is 0.207. The van der Waals surface area contributed by atoms with E-state index in [4.69, 9.17) is 9.47 Å². The first kappa shape index (κ1) is 15.1. The number of ether oxygens (including phenoxy) is 2. The fraction of sp³-hybridized carbons (Fsp3) is 0.312. The standard InChI is InChI=1S/C16H17N3O4/c1-22-13-7-10-5-6-19(9-11(10)8-14(13)23-2)16(21)12-3-4-15(20)18-17-12/h3-4,7-8H,5-6,9H2,1-2H3,(H,18,20). The van der Waals surface area contributed by atoms with Crippen molar-refractivity contribution < 1.29 is 14.3 Å². The summed E-state index contributed by atoms with van der Waals surface area (Å²) in [4.78, 5) is 25.2. The predicted molar refractivity (Wildman–Crippen MR) is 82.8 cm³/mol. The lowest BCUT2D eigenvalue weighted by molar-refractivity contribution is 0.0727. The van der Waals surface area contributed by atoms with Gasteiger partial charge in [0.05, 0.1) is 14.2 Å². The number of hydrogen-bond acceptors (Lipinski definition) is 5. The van der Waals surface area contributed by atoms with E-state index in [0.717, 1.165) is 17.5 Å². The maximum atomic E-state index is 12.5. The van der Waals surface area contributed by atoms with Crippen LogP contribution in [-0.4, -0.2) is 41.8 Å². The Labute approximate surface area is 132 Å². The van der Waals surface area contributed by atoms with Gasteiger partial charge >= 0.3 is 0 Å². The third-order valence-corrected chi connectivity index (χ3v) is 3.90. The highest BCUT2D eigenvalue weighted by atomic mass is 16.5. The Hall–Kier alpha value is -2.83. The molecule has 0 atom stereocenters. The average molecular weight is 315 g/mol. The summed E-state index contributed by atoms with van der Waals surface area (Å²) in [5, 5.41) is 6.08. The number of aromatic nitrogens is 2. The summed E-state index contributed by atoms with van der Waals surface area (Å²) in [7, 11) is 3.19. The summed E-state index contributed by atoms with van der Waals surface area (Å²) in [6.07, 6.45) is 0.727. The number of nitrogens with one attached hydrogen (secondary N) is 1. The van der Waals surface area contributed by atoms with E-state index in [-0.39, 0.29) is 17.2 Å². The van der Waals surface area contributed by atoms with Crippen LogP contribution >= 0.6 is 0 Å². The van der Waals surface area contributed by atoms with Crippen LogP contribution in [0.5, 0.6) is 11.5 Å². The largest absolute Gasteiger partial charge is 0.493 e. The maximum absolute atomic E-state index is 12.5. The van der Waals surface area contributed by atoms with Gasteiger partial charge in [0.1, 0.15) is 5.69 Å². The van der Waals surface area contributed by atoms with Gasteiger partial charge in [0.2, 0.25) is 0 Å². The molecule has 0 radical (unpaired) electrons. The normalized spacial score (nSPS) is 13.4. The molecule has 2 aromatic rings. The SMILES string of the molecule is COc1cc2c(cc1OC)CN(C(=O)c1ccc(=O)[nH]n1)CC2. The molecule has 1 aromatic carbocycles. The molecule has 23 heavy (non-hydrogen) atoms. The highest BCUT2D eigenvalue weighted by molar-refractivity contribution is 5.92. The van der Waals surface area contributed by atoms with Crippen molar-refractivity contribution in [1.82, 2.24) is 15.1 Å². The van der Waals surface area contributed by atoms with Crippen molar-refractivity contribution in [3.8, 4) is 11.5 Å². The molecular formula is C16H17N3O4. The number of methoxy groups -OCH3 is 2. The van der Waals surface area contributed by atoms with Crippen molar-refractivity contribution in [2.45, 2.75) is 13.0 Å². The number of nitrogens with zero attached hydrogens (tertiary/aromatic N) is 2. The Morgan fingerprint density at radius 1 is 1.17 bits per heavy atom. The number of aromatic amines is 1. The molecule has 0 aliphatic carbocycles. The Morgan fingerprint density at radius 2 is 1.87 bits per heavy atom. The van der Waals surface area contributed by atoms with Gasteiger partial charge < -0.3 is 14.4 Å². The first-order chi connectivity index (χ1) is 11.1. The lowest BCUT2D eigenvalue weighted by Gasteiger charge is -2.29. The molecule has 0 saturated heterocycles. The third kappa shape index (κ3) is 2.90. The van der Waals surface area contributed by atoms with Crippen LogP contribution in [0.3, 0.4) is 0 Å². The van der Waals surface area contributed by atoms with Crippen molar-refractivity contribution in [1.29, 1.82) is 0 Å². The Kier molecular flexibility index (Phi) is 4.01. The molecule has 2 heterocycles. The number of benzene rings is 1. The molecule has 7 heteroatoms. The van der Waals surface area contributed by atoms with Crippen molar-refractivity contribution >= 4 is 5.91 Å². The summed E-state index contributed by atoms with van der Waals surface area (Å²) in [6, 6.07) is 6.58. The highest BCUT2D eigenvalue weighted by Gasteiger charge is 2.24. The number of amides is 1. The van der Waals surface area contributed by atoms with Crippen molar-refractivity contribution in [2.75, 3.05) is 20.8 Å². The molecule has 1 N–H and O–H groups in total. The van der Waals surface area contributed by atoms with Crippen LogP contribution in [0.1, 0.15) is 21.6 Å². The fourth-order valence-electron chi connectivity index (χ4n) is 2.68. The van der Waals surface area contributed by atoms with Crippen LogP contribution in [0, 0.1) is 0 Å². The van der Waals surface area contributed by atoms with Crippen LogP contribution in [0.25, 0.3) is 0 Å². The lowest BCUT2D eigenvalue weighted by atomic mass is 9.98. The van der Waals surface area contributed by atoms with Crippen molar-refractivity contribution in [3.63, 3.8) is 0 Å². The van der Waals surface area contributed by atoms with E-state index in [1.54, 1.807) is 19.1 Å². The molecule has 3 rings (SSSR count). The molecule has 1 aromatic heterocycles. The molecule has 0 unspecified atom stereocenters. The summed E-state index contributed by atoms with van der Waals surface area (Å²) in [5.74, 6) is 1.12. The van der Waals surface area contributed by atoms with E-state index in [9.17, 15) is 9.59 Å². The fourth-order valence-corrected chi connectivity index (χ4v) is 2.68. The smallest absolute Gasteiger partial charge is 0.274 e. The summed E-state index contributed by atoms with van der Waals surface area (Å²) in [6.45, 7) is 1.05. The summed E-state index contributed by atoms with van der Waals surface area (Å²) < 4.78 is 10.6. The van der Waals surface area contributed by atoms with E-state index >= 15 is 0 Å². The van der Waals surface area contributed by atoms with Gasteiger partial charge in [0.15, 0.2) is 11.5 Å². The Bertz CT molecular complexity index is 780. The van der Waals surface area contributed by atoms with E-state index in [1.807, 2.05) is 12.1 Å². The molecule has 1 aliphatic heterocycles. The molecule has 0 spiro atoms. The van der Waals surface area contributed by atoms with Gasteiger partial charge in [-0.15, -0.1) is 0 Å². The van der Waals surface area contributed by atoms with Crippen LogP contribution in [0.4, 0.5) is 0 Å². The molecule has 7 nitrogen and oxygen atoms in total. The number of carbonyl (C=O) groups excluding carboxylic acids is 1. The second-order valence-electron chi connectivity index (χ2n) is 5.26. The van der Waals surface area contributed by atoms with Crippen LogP contribution in [-0.2, 0) is 13.0 Å². The molecule has 1 aliphatic rings. The van der Waals surface area contributed by atoms with Gasteiger partial charge in [-0.25, -0.2) is 5.10 Å². The third-order valence-electron chi connectivity index (χ3n) is 3.90. The van der Waals surface area contributed by atoms with Gasteiger partial charge in [-0.2, -0.15) is 5.10 Å². The Morgan fingerprint density at radius 3 is 2.48 bits per heavy atom. The van der Waals surface area contributed by atoms with Crippen LogP contribution in [0.2, 0.25) is 0 Å². The molecule has 120 valence electrons. The predicted octanol–water partition coefficient (Wildman–Crippen LogP) is 0.986. The molecule has 0 saturated carbocycles. The van der Waals surface area contributed by atoms with E-state index < -0.39 is 0 Å². The second kappa shape index (κ2) is 6.12. The quantitative estimate of drug-likeness (QED) is 0.913. The number of carbonyl (C=O) groups is 1. The number of fused-ring (bicyclic) bond motifs is 1. The van der Waals surface area contributed by atoms with Gasteiger partial charge in [-0.05, 0) is 35.7 Å². The summed E-state index contributed by atoms with van der Waals surface area (Å²) in [5.41, 5.74) is 2.06. The molecule has 1 amide bonds. The number of H-pyrrole nitrogens is 1. The molecule has 0 bridgehead atoms. The number of rotatable bonds is 3. The van der Waals surface area contributed by atoms with E-state index in [2.05, 4.69) is 10.2 Å². The zero-order chi connectivity index (χ0) is 16.4. The monoisotopic (exact) mass is 315 g/mol. The van der Waals surface area contributed by atoms with E-state index in [1.165, 1.54) is 12.1 Å². The zero-order valence-corrected chi connectivity index (χ0v) is 13.0. The zero-order valence-electron chi connectivity index (χ0n) is 13.0. The van der Waals surface area contributed by atoms with Gasteiger partial charge in [0, 0.05) is 19.2 Å². The lowest BCUT2D eigenvalue weighted by Crippen LogP contribution is -2.36. The van der Waals surface area contributed by atoms with Crippen molar-refractivity contribution in [2.24, 2.45) is 0 Å². The van der Waals surface area contributed by atoms with E-state index in [0.29, 0.717) is 24.6 Å². The van der Waals surface area contributed by atoms with Gasteiger partial charge in [0.25, 0.3) is 11.5 Å². The minimum Gasteiger partial charge on any atom is -0.493 e. The topological polar surface area (TPSA) is 84.5 Å². The minimum atomic E-state index is -0.331. The summed E-state index contributed by atoms with van der Waals surface area (Å²) >= 11 is 0. The van der Waals surface area contributed by atoms with Crippen molar-refractivity contribution in [3.05, 3.63) is 51.4 Å². The average Bonchev–Trinajstić information content (AvgIpc) is 2.60. The first-order valence-electron chi connectivity index (χ1n) is 7.21. The van der Waals surface area contributed by atoms with Crippen LogP contribution in [0.15, 0.2) is 29.1 Å². The number of hydrogen-bond donors (Lipinski definition) is 1. The molecule has 0 fully saturated rings. The van der Waals surface area contributed by atoms with Gasteiger partial charge in [-0.3, -0.25) is 9.59 Å². The highest BCUT2D eigenvalue weighted by Crippen LogP contribution is 2.33. The Balaban J connectivity index is 1.86. The maximum Gasteiger partial charge on any atom is 0.274 e.